The molecule has 0 saturated carbocycles. The molecule has 0 aromatic heterocycles. The number of benzene rings is 3. The number of aliphatic hydroxyl groups excluding tert-OH is 1. The first-order chi connectivity index (χ1) is 17.9. The molecule has 3 aromatic rings. The Morgan fingerprint density at radius 3 is 2.43 bits per heavy atom. The summed E-state index contributed by atoms with van der Waals surface area (Å²) in [7, 11) is 0. The number of nitrogens with one attached hydrogen (secondary N) is 2. The number of carbonyl (C=O) groups excluding carboxylic acids is 1. The van der Waals surface area contributed by atoms with Crippen LogP contribution in [-0.2, 0) is 16.1 Å². The van der Waals surface area contributed by atoms with Crippen LogP contribution in [0.3, 0.4) is 0 Å². The van der Waals surface area contributed by atoms with Crippen LogP contribution in [0.5, 0.6) is 0 Å². The molecule has 37 heavy (non-hydrogen) atoms. The van der Waals surface area contributed by atoms with Crippen LogP contribution in [0.25, 0.3) is 0 Å². The molecule has 1 unspecified atom stereocenters. The monoisotopic (exact) mass is 522 g/mol. The van der Waals surface area contributed by atoms with E-state index in [0.717, 1.165) is 21.6 Å². The fourth-order valence-corrected chi connectivity index (χ4v) is 4.93. The van der Waals surface area contributed by atoms with Gasteiger partial charge in [0.05, 0.1) is 24.4 Å². The van der Waals surface area contributed by atoms with Crippen LogP contribution >= 0.6 is 11.8 Å². The van der Waals surface area contributed by atoms with Crippen molar-refractivity contribution in [1.29, 1.82) is 0 Å². The average molecular weight is 523 g/mol. The van der Waals surface area contributed by atoms with Crippen molar-refractivity contribution in [3.8, 4) is 0 Å². The Balaban J connectivity index is 1.52. The Morgan fingerprint density at radius 2 is 1.76 bits per heavy atom. The number of hydrogen-bond donors (Lipinski definition) is 4. The number of amides is 2. The molecule has 1 heterocycles. The molecular formula is C28H30N2O6S. The van der Waals surface area contributed by atoms with Crippen molar-refractivity contribution in [3.63, 3.8) is 0 Å². The number of aliphatic hydroxyl groups is 1. The van der Waals surface area contributed by atoms with Crippen molar-refractivity contribution in [2.75, 3.05) is 17.6 Å². The van der Waals surface area contributed by atoms with Gasteiger partial charge in [0.25, 0.3) is 0 Å². The standard InChI is InChI=1S/C28H30N2O6S/c1-2-29-28(34)30-22-5-3-4-21(14-22)27-35-23(17-37-24-12-10-20(11-13-24)26(32)33)15-25(36-27)19-8-6-18(16-31)7-9-19/h3-14,23,25,27,31H,2,15-17H2,1H3,(H,32,33)(H2,29,30,34)/t23-,25+,27?/m0/s1. The number of thioether (sulfide) groups is 1. The molecule has 2 amide bonds. The maximum Gasteiger partial charge on any atom is 0.335 e. The van der Waals surface area contributed by atoms with Crippen LogP contribution in [0.1, 0.15) is 52.8 Å². The fourth-order valence-electron chi connectivity index (χ4n) is 4.00. The van der Waals surface area contributed by atoms with Crippen molar-refractivity contribution in [2.45, 2.75) is 43.3 Å². The van der Waals surface area contributed by atoms with Crippen LogP contribution in [-0.4, -0.2) is 40.6 Å². The van der Waals surface area contributed by atoms with E-state index < -0.39 is 12.3 Å². The molecule has 0 bridgehead atoms. The smallest absolute Gasteiger partial charge is 0.335 e. The maximum atomic E-state index is 12.0. The average Bonchev–Trinajstić information content (AvgIpc) is 2.92. The molecule has 4 rings (SSSR count). The Labute approximate surface area is 220 Å². The predicted molar refractivity (Wildman–Crippen MR) is 142 cm³/mol. The lowest BCUT2D eigenvalue weighted by atomic mass is 10.0. The third-order valence-electron chi connectivity index (χ3n) is 5.91. The number of carboxylic acid groups (broad SMARTS) is 1. The van der Waals surface area contributed by atoms with Crippen molar-refractivity contribution in [3.05, 3.63) is 95.1 Å². The lowest BCUT2D eigenvalue weighted by Crippen LogP contribution is -2.31. The molecule has 1 saturated heterocycles. The largest absolute Gasteiger partial charge is 0.478 e. The van der Waals surface area contributed by atoms with Gasteiger partial charge < -0.3 is 30.3 Å². The first kappa shape index (κ1) is 26.7. The summed E-state index contributed by atoms with van der Waals surface area (Å²) in [6.07, 6.45) is -0.393. The Bertz CT molecular complexity index is 1200. The molecule has 0 radical (unpaired) electrons. The molecule has 0 aliphatic carbocycles. The summed E-state index contributed by atoms with van der Waals surface area (Å²) >= 11 is 1.59. The van der Waals surface area contributed by atoms with Crippen molar-refractivity contribution < 1.29 is 29.3 Å². The predicted octanol–water partition coefficient (Wildman–Crippen LogP) is 5.36. The fraction of sp³-hybridized carbons (Fsp3) is 0.286. The number of hydrogen-bond acceptors (Lipinski definition) is 6. The van der Waals surface area contributed by atoms with Gasteiger partial charge in [0.2, 0.25) is 0 Å². The van der Waals surface area contributed by atoms with Gasteiger partial charge >= 0.3 is 12.0 Å². The Kier molecular flexibility index (Phi) is 9.19. The SMILES string of the molecule is CCNC(=O)Nc1cccc(C2O[C@H](CSc3ccc(C(=O)O)cc3)C[C@H](c3ccc(CO)cc3)O2)c1. The highest BCUT2D eigenvalue weighted by molar-refractivity contribution is 7.99. The number of carbonyl (C=O) groups is 2. The van der Waals surface area contributed by atoms with Gasteiger partial charge in [0, 0.05) is 34.9 Å². The van der Waals surface area contributed by atoms with E-state index in [-0.39, 0.29) is 30.4 Å². The third-order valence-corrected chi connectivity index (χ3v) is 7.05. The maximum absolute atomic E-state index is 12.0. The number of ether oxygens (including phenoxy) is 2. The van der Waals surface area contributed by atoms with Gasteiger partial charge in [-0.05, 0) is 54.4 Å². The van der Waals surface area contributed by atoms with Crippen LogP contribution in [0.2, 0.25) is 0 Å². The minimum absolute atomic E-state index is 0.0249. The van der Waals surface area contributed by atoms with Crippen molar-refractivity contribution in [1.82, 2.24) is 5.32 Å². The van der Waals surface area contributed by atoms with Crippen LogP contribution in [0.15, 0.2) is 77.7 Å². The molecule has 0 spiro atoms. The highest BCUT2D eigenvalue weighted by Crippen LogP contribution is 2.40. The topological polar surface area (TPSA) is 117 Å². The molecule has 8 nitrogen and oxygen atoms in total. The Morgan fingerprint density at radius 1 is 1.00 bits per heavy atom. The second-order valence-electron chi connectivity index (χ2n) is 8.60. The van der Waals surface area contributed by atoms with Crippen LogP contribution < -0.4 is 10.6 Å². The molecular weight excluding hydrogens is 492 g/mol. The number of urea groups is 1. The van der Waals surface area contributed by atoms with Crippen molar-refractivity contribution >= 4 is 29.4 Å². The van der Waals surface area contributed by atoms with Crippen LogP contribution in [0, 0.1) is 0 Å². The Hall–Kier alpha value is -3.37. The molecule has 9 heteroatoms. The van der Waals surface area contributed by atoms with E-state index in [2.05, 4.69) is 10.6 Å². The second-order valence-corrected chi connectivity index (χ2v) is 9.69. The molecule has 1 aliphatic heterocycles. The quantitative estimate of drug-likeness (QED) is 0.280. The van der Waals surface area contributed by atoms with Gasteiger partial charge in [-0.2, -0.15) is 0 Å². The minimum atomic E-state index is -0.953. The summed E-state index contributed by atoms with van der Waals surface area (Å²) in [6.45, 7) is 2.35. The summed E-state index contributed by atoms with van der Waals surface area (Å²) in [6, 6.07) is 21.6. The van der Waals surface area contributed by atoms with E-state index in [1.807, 2.05) is 49.4 Å². The van der Waals surface area contributed by atoms with E-state index in [1.54, 1.807) is 42.1 Å². The van der Waals surface area contributed by atoms with Gasteiger partial charge in [-0.15, -0.1) is 11.8 Å². The van der Waals surface area contributed by atoms with E-state index in [0.29, 0.717) is 24.4 Å². The van der Waals surface area contributed by atoms with Gasteiger partial charge in [0.1, 0.15) is 0 Å². The number of carboxylic acids is 1. The van der Waals surface area contributed by atoms with Gasteiger partial charge in [-0.25, -0.2) is 9.59 Å². The zero-order valence-electron chi connectivity index (χ0n) is 20.4. The molecule has 1 aliphatic rings. The first-order valence-corrected chi connectivity index (χ1v) is 13.0. The zero-order chi connectivity index (χ0) is 26.2. The van der Waals surface area contributed by atoms with E-state index >= 15 is 0 Å². The zero-order valence-corrected chi connectivity index (χ0v) is 21.2. The lowest BCUT2D eigenvalue weighted by Gasteiger charge is -2.36. The van der Waals surface area contributed by atoms with Crippen LogP contribution in [0.4, 0.5) is 10.5 Å². The summed E-state index contributed by atoms with van der Waals surface area (Å²) in [5, 5.41) is 24.1. The van der Waals surface area contributed by atoms with E-state index in [1.165, 1.54) is 0 Å². The normalized spacial score (nSPS) is 19.2. The van der Waals surface area contributed by atoms with Gasteiger partial charge in [-0.1, -0.05) is 36.4 Å². The highest BCUT2D eigenvalue weighted by atomic mass is 32.2. The summed E-state index contributed by atoms with van der Waals surface area (Å²) in [5.74, 6) is -0.306. The van der Waals surface area contributed by atoms with E-state index in [9.17, 15) is 14.7 Å². The van der Waals surface area contributed by atoms with Gasteiger partial charge in [-0.3, -0.25) is 0 Å². The van der Waals surface area contributed by atoms with E-state index in [4.69, 9.17) is 14.6 Å². The van der Waals surface area contributed by atoms with Crippen molar-refractivity contribution in [2.24, 2.45) is 0 Å². The first-order valence-electron chi connectivity index (χ1n) is 12.1. The lowest BCUT2D eigenvalue weighted by molar-refractivity contribution is -0.245. The molecule has 1 fully saturated rings. The third kappa shape index (κ3) is 7.33. The number of anilines is 1. The summed E-state index contributed by atoms with van der Waals surface area (Å²) in [5.41, 5.74) is 3.48. The number of aromatic carboxylic acids is 1. The summed E-state index contributed by atoms with van der Waals surface area (Å²) in [4.78, 5) is 24.1. The summed E-state index contributed by atoms with van der Waals surface area (Å²) < 4.78 is 12.7. The molecule has 3 atom stereocenters. The molecule has 3 aromatic carbocycles. The minimum Gasteiger partial charge on any atom is -0.478 e. The second kappa shape index (κ2) is 12.7. The van der Waals surface area contributed by atoms with Gasteiger partial charge in [0.15, 0.2) is 6.29 Å². The highest BCUT2D eigenvalue weighted by Gasteiger charge is 2.32. The number of rotatable bonds is 9. The molecule has 194 valence electrons. The molecule has 4 N–H and O–H groups in total.